The van der Waals surface area contributed by atoms with Crippen LogP contribution in [0.15, 0.2) is 29.2 Å². The third-order valence-electron chi connectivity index (χ3n) is 1.91. The van der Waals surface area contributed by atoms with Crippen molar-refractivity contribution in [3.63, 3.8) is 0 Å². The number of benzene rings is 1. The van der Waals surface area contributed by atoms with Crippen molar-refractivity contribution in [2.45, 2.75) is 17.5 Å². The fraction of sp³-hybridized carbons (Fsp3) is 0.333. The molecule has 0 saturated heterocycles. The summed E-state index contributed by atoms with van der Waals surface area (Å²) in [6, 6.07) is 5.56. The normalized spacial score (nSPS) is 12.6. The van der Waals surface area contributed by atoms with Crippen LogP contribution in [0.4, 0.5) is 18.9 Å². The molecule has 0 spiro atoms. The average Bonchev–Trinajstić information content (AvgIpc) is 2.15. The summed E-state index contributed by atoms with van der Waals surface area (Å²) >= 11 is 0. The van der Waals surface area contributed by atoms with Gasteiger partial charge in [0, 0.05) is 6.54 Å². The van der Waals surface area contributed by atoms with Crippen molar-refractivity contribution in [3.8, 4) is 0 Å². The first-order chi connectivity index (χ1) is 7.72. The van der Waals surface area contributed by atoms with Gasteiger partial charge < -0.3 is 5.73 Å². The maximum Gasteiger partial charge on any atom is 0.390 e. The summed E-state index contributed by atoms with van der Waals surface area (Å²) < 4.78 is 60.6. The minimum absolute atomic E-state index is 0.00740. The predicted molar refractivity (Wildman–Crippen MR) is 56.7 cm³/mol. The van der Waals surface area contributed by atoms with E-state index in [0.717, 1.165) is 0 Å². The molecule has 1 rings (SSSR count). The molecule has 1 aromatic rings. The van der Waals surface area contributed by atoms with Crippen LogP contribution >= 0.6 is 0 Å². The zero-order valence-corrected chi connectivity index (χ0v) is 9.48. The van der Waals surface area contributed by atoms with E-state index in [4.69, 9.17) is 5.73 Å². The fourth-order valence-corrected chi connectivity index (χ4v) is 2.29. The van der Waals surface area contributed by atoms with Gasteiger partial charge in [0.25, 0.3) is 0 Å². The second kappa shape index (κ2) is 4.92. The van der Waals surface area contributed by atoms with Crippen LogP contribution in [0.1, 0.15) is 6.42 Å². The highest BCUT2D eigenvalue weighted by atomic mass is 32.2. The maximum absolute atomic E-state index is 11.9. The smallest absolute Gasteiger partial charge is 0.390 e. The highest BCUT2D eigenvalue weighted by Gasteiger charge is 2.27. The number of anilines is 1. The van der Waals surface area contributed by atoms with Gasteiger partial charge >= 0.3 is 6.18 Å². The van der Waals surface area contributed by atoms with Gasteiger partial charge in [-0.2, -0.15) is 13.2 Å². The Bertz CT molecular complexity index is 485. The van der Waals surface area contributed by atoms with Crippen molar-refractivity contribution in [2.75, 3.05) is 12.3 Å². The van der Waals surface area contributed by atoms with Crippen LogP contribution in [0, 0.1) is 0 Å². The van der Waals surface area contributed by atoms with E-state index in [2.05, 4.69) is 0 Å². The van der Waals surface area contributed by atoms with E-state index in [1.807, 2.05) is 4.72 Å². The highest BCUT2D eigenvalue weighted by Crippen LogP contribution is 2.20. The first kappa shape index (κ1) is 13.8. The van der Waals surface area contributed by atoms with Crippen LogP contribution in [0.3, 0.4) is 0 Å². The topological polar surface area (TPSA) is 72.2 Å². The molecule has 0 saturated carbocycles. The molecule has 0 aliphatic carbocycles. The molecule has 0 aliphatic rings. The maximum atomic E-state index is 11.9. The molecule has 8 heteroatoms. The average molecular weight is 268 g/mol. The second-order valence-electron chi connectivity index (χ2n) is 3.30. The number of hydrogen-bond acceptors (Lipinski definition) is 3. The largest absolute Gasteiger partial charge is 0.398 e. The zero-order valence-electron chi connectivity index (χ0n) is 8.66. The quantitative estimate of drug-likeness (QED) is 0.813. The molecular formula is C9H11F3N2O2S. The first-order valence-corrected chi connectivity index (χ1v) is 6.11. The Balaban J connectivity index is 2.74. The van der Waals surface area contributed by atoms with Crippen molar-refractivity contribution in [2.24, 2.45) is 0 Å². The van der Waals surface area contributed by atoms with Crippen molar-refractivity contribution < 1.29 is 21.6 Å². The van der Waals surface area contributed by atoms with E-state index in [1.165, 1.54) is 24.3 Å². The lowest BCUT2D eigenvalue weighted by Crippen LogP contribution is -2.28. The number of para-hydroxylation sites is 1. The number of hydrogen-bond donors (Lipinski definition) is 2. The van der Waals surface area contributed by atoms with Gasteiger partial charge in [0.05, 0.1) is 12.1 Å². The molecule has 0 unspecified atom stereocenters. The van der Waals surface area contributed by atoms with E-state index in [1.54, 1.807) is 0 Å². The van der Waals surface area contributed by atoms with Crippen LogP contribution in [-0.4, -0.2) is 21.1 Å². The lowest BCUT2D eigenvalue weighted by Gasteiger charge is -2.10. The van der Waals surface area contributed by atoms with Crippen LogP contribution in [0.2, 0.25) is 0 Å². The van der Waals surface area contributed by atoms with Gasteiger partial charge in [-0.25, -0.2) is 13.1 Å². The number of alkyl halides is 3. The van der Waals surface area contributed by atoms with Gasteiger partial charge in [-0.1, -0.05) is 12.1 Å². The van der Waals surface area contributed by atoms with E-state index >= 15 is 0 Å². The molecule has 96 valence electrons. The molecule has 0 atom stereocenters. The SMILES string of the molecule is Nc1ccccc1S(=O)(=O)NCCC(F)(F)F. The summed E-state index contributed by atoms with van der Waals surface area (Å²) in [6.45, 7) is -0.708. The summed E-state index contributed by atoms with van der Waals surface area (Å²) in [5.41, 5.74) is 5.42. The van der Waals surface area contributed by atoms with Crippen LogP contribution < -0.4 is 10.5 Å². The number of nitrogen functional groups attached to an aromatic ring is 1. The second-order valence-corrected chi connectivity index (χ2v) is 5.04. The number of halogens is 3. The molecule has 0 amide bonds. The lowest BCUT2D eigenvalue weighted by molar-refractivity contribution is -0.132. The first-order valence-electron chi connectivity index (χ1n) is 4.63. The summed E-state index contributed by atoms with van der Waals surface area (Å²) in [7, 11) is -3.99. The molecular weight excluding hydrogens is 257 g/mol. The Morgan fingerprint density at radius 1 is 1.24 bits per heavy atom. The number of nitrogens with one attached hydrogen (secondary N) is 1. The van der Waals surface area contributed by atoms with E-state index in [0.29, 0.717) is 0 Å². The van der Waals surface area contributed by atoms with Crippen molar-refractivity contribution in [1.82, 2.24) is 4.72 Å². The highest BCUT2D eigenvalue weighted by molar-refractivity contribution is 7.89. The number of nitrogens with two attached hydrogens (primary N) is 1. The molecule has 17 heavy (non-hydrogen) atoms. The summed E-state index contributed by atoms with van der Waals surface area (Å²) in [5.74, 6) is 0. The van der Waals surface area contributed by atoms with Gasteiger partial charge in [0.15, 0.2) is 0 Å². The molecule has 0 fully saturated rings. The minimum Gasteiger partial charge on any atom is -0.398 e. The zero-order chi connectivity index (χ0) is 13.1. The molecule has 0 bridgehead atoms. The Hall–Kier alpha value is -1.28. The fourth-order valence-electron chi connectivity index (χ4n) is 1.13. The van der Waals surface area contributed by atoms with Crippen LogP contribution in [-0.2, 0) is 10.0 Å². The number of rotatable bonds is 4. The third kappa shape index (κ3) is 4.23. The van der Waals surface area contributed by atoms with Crippen LogP contribution in [0.5, 0.6) is 0 Å². The number of sulfonamides is 1. The molecule has 0 heterocycles. The Morgan fingerprint density at radius 2 is 1.82 bits per heavy atom. The monoisotopic (exact) mass is 268 g/mol. The molecule has 1 aromatic carbocycles. The molecule has 0 aromatic heterocycles. The third-order valence-corrected chi connectivity index (χ3v) is 3.44. The molecule has 3 N–H and O–H groups in total. The van der Waals surface area contributed by atoms with E-state index in [-0.39, 0.29) is 10.6 Å². The standard InChI is InChI=1S/C9H11F3N2O2S/c10-9(11,12)5-6-14-17(15,16)8-4-2-1-3-7(8)13/h1-4,14H,5-6,13H2. The van der Waals surface area contributed by atoms with Gasteiger partial charge in [-0.15, -0.1) is 0 Å². The molecule has 0 radical (unpaired) electrons. The molecule has 0 aliphatic heterocycles. The Morgan fingerprint density at radius 3 is 2.35 bits per heavy atom. The van der Waals surface area contributed by atoms with Crippen molar-refractivity contribution in [3.05, 3.63) is 24.3 Å². The van der Waals surface area contributed by atoms with Crippen molar-refractivity contribution in [1.29, 1.82) is 0 Å². The molecule has 4 nitrogen and oxygen atoms in total. The lowest BCUT2D eigenvalue weighted by atomic mass is 10.3. The van der Waals surface area contributed by atoms with Gasteiger partial charge in [0.2, 0.25) is 10.0 Å². The van der Waals surface area contributed by atoms with Gasteiger partial charge in [-0.05, 0) is 12.1 Å². The van der Waals surface area contributed by atoms with Crippen molar-refractivity contribution >= 4 is 15.7 Å². The van der Waals surface area contributed by atoms with Crippen LogP contribution in [0.25, 0.3) is 0 Å². The predicted octanol–water partition coefficient (Wildman–Crippen LogP) is 1.50. The van der Waals surface area contributed by atoms with Gasteiger partial charge in [-0.3, -0.25) is 0 Å². The summed E-state index contributed by atoms with van der Waals surface area (Å²) in [5, 5.41) is 0. The van der Waals surface area contributed by atoms with Gasteiger partial charge in [0.1, 0.15) is 4.90 Å². The minimum atomic E-state index is -4.40. The summed E-state index contributed by atoms with van der Waals surface area (Å²) in [6.07, 6.45) is -5.62. The Labute approximate surface area is 96.7 Å². The van der Waals surface area contributed by atoms with E-state index in [9.17, 15) is 21.6 Å². The van der Waals surface area contributed by atoms with E-state index < -0.39 is 29.2 Å². The summed E-state index contributed by atoms with van der Waals surface area (Å²) in [4.78, 5) is -0.220. The Kier molecular flexibility index (Phi) is 3.99.